The molecule has 682 valence electrons. The van der Waals surface area contributed by atoms with Gasteiger partial charge in [0.15, 0.2) is 12.4 Å². The highest BCUT2D eigenvalue weighted by Gasteiger charge is 2.51. The lowest BCUT2D eigenvalue weighted by Gasteiger charge is -2.51. The molecule has 0 amide bonds. The van der Waals surface area contributed by atoms with E-state index in [0.717, 1.165) is 67.2 Å². The largest absolute Gasteiger partial charge is 0.477 e. The number of aliphatic hydroxyl groups excluding tert-OH is 2. The molecular formula is C82H94F18N21O5+. The topological polar surface area (TPSA) is 355 Å². The van der Waals surface area contributed by atoms with Gasteiger partial charge in [-0.1, -0.05) is 83.7 Å². The molecule has 4 fully saturated rings. The SMILES string of the molecule is C.CC1(C)[C@H](O)C[C@@H]1Nc1nc(NCc2cccnc2OCCC(F)(F)F)ncc1C(F)(F)F.CC1(O)CCC(Nc2nc(NCc3cccnc3-c3ccccc3)ncc2C#N)CC1.COC1CC(Nc2nc(NCc3c[nH+]ccc3C(F)(F)F)ncc2C(F)(F)F)C1(C)C.OC1CCC(Nc2nc(NCc3cccnc3C(F)(F)F)ncc2C(F)(F)F)CC1. The monoisotopic (exact) mass is 1790 g/mol. The highest BCUT2D eigenvalue weighted by molar-refractivity contribution is 5.64. The number of nitriles is 1. The maximum absolute atomic E-state index is 13.4. The number of aromatic nitrogens is 12. The average molecular weight is 1800 g/mol. The molecule has 126 heavy (non-hydrogen) atoms. The third-order valence-electron chi connectivity index (χ3n) is 21.5. The standard InChI is InChI=1S/C24H26N6O.C20H23F6N5O2.C19H21F6N5O.C18H19F6N5O.CH4/c1-24(31)11-9-20(10-12-24)29-22-19(14-25)16-28-23(30-22)27-15-18-8-5-13-26-21(18)17-6-3-2-4-7-17;1-18(2)13(8-14(18)32)30-15-12(20(24,25)26)10-29-17(31-15)28-9-11-4-3-6-27-16(11)33-7-5-19(21,22)23;1-17(2)13(6-14(17)31-3)29-15-12(19(23,24)25)9-28-16(30-15)27-8-10-7-26-5-4-11(10)18(20,21)22;19-17(20,21)13-9-27-16(29-15(13)28-11-3-5-12(30)6-4-11)26-8-10-2-1-7-25-14(10)18(22,23)24;/h2-8,13,16,20,31H,9-12,15H2,1H3,(H2,27,28,29,30);3-4,6,10,13-14,32H,5,7-9H2,1-2H3,(H2,28,29,30,31);4-5,7,9,13-14H,6,8H2,1-3H3,(H2,27,28,29,30);1-2,7,9,11-12,30H,3-6,8H2,(H2,26,27,28,29);1H4/p+1/t;13-,14+;;;/m.0.../s1. The average Bonchev–Trinajstić information content (AvgIpc) is 0.723. The summed E-state index contributed by atoms with van der Waals surface area (Å²) in [5, 5.41) is 61.8. The Bertz CT molecular complexity index is 5080. The van der Waals surface area contributed by atoms with Crippen LogP contribution in [0, 0.1) is 22.2 Å². The van der Waals surface area contributed by atoms with Gasteiger partial charge in [-0.25, -0.2) is 29.9 Å². The van der Waals surface area contributed by atoms with Gasteiger partial charge in [0.05, 0.1) is 54.4 Å². The predicted octanol–water partition coefficient (Wildman–Crippen LogP) is 17.6. The van der Waals surface area contributed by atoms with Crippen LogP contribution in [0.4, 0.5) is 126 Å². The van der Waals surface area contributed by atoms with Crippen LogP contribution < -0.4 is 52.3 Å². The van der Waals surface area contributed by atoms with Crippen molar-refractivity contribution in [2.24, 2.45) is 10.8 Å². The number of alkyl halides is 18. The molecule has 13 rings (SSSR count). The highest BCUT2D eigenvalue weighted by atomic mass is 19.4. The number of pyridine rings is 4. The first-order valence-electron chi connectivity index (χ1n) is 39.1. The molecule has 44 heteroatoms. The van der Waals surface area contributed by atoms with Crippen molar-refractivity contribution in [3.63, 3.8) is 0 Å². The highest BCUT2D eigenvalue weighted by Crippen LogP contribution is 2.47. The number of ether oxygens (including phenoxy) is 2. The summed E-state index contributed by atoms with van der Waals surface area (Å²) in [5.41, 5.74) is -3.35. The molecular weight excluding hydrogens is 1700 g/mol. The maximum atomic E-state index is 13.4. The number of hydrogen-bond donors (Lipinski definition) is 11. The Hall–Kier alpha value is -11.6. The van der Waals surface area contributed by atoms with E-state index >= 15 is 0 Å². The molecule has 0 radical (unpaired) electrons. The first-order chi connectivity index (χ1) is 58.7. The number of nitrogens with zero attached hydrogens (tertiary/aromatic N) is 12. The van der Waals surface area contributed by atoms with Gasteiger partial charge in [-0.15, -0.1) is 0 Å². The van der Waals surface area contributed by atoms with Crippen molar-refractivity contribution in [2.45, 2.75) is 224 Å². The van der Waals surface area contributed by atoms with Crippen molar-refractivity contribution in [1.29, 1.82) is 5.26 Å². The number of hydrogen-bond acceptors (Lipinski definition) is 25. The van der Waals surface area contributed by atoms with Crippen LogP contribution in [0.15, 0.2) is 129 Å². The van der Waals surface area contributed by atoms with Crippen molar-refractivity contribution in [3.05, 3.63) is 184 Å². The van der Waals surface area contributed by atoms with Gasteiger partial charge in [0, 0.05) is 134 Å². The van der Waals surface area contributed by atoms with E-state index in [4.69, 9.17) is 9.47 Å². The summed E-state index contributed by atoms with van der Waals surface area (Å²) in [6, 6.07) is 21.7. The molecule has 0 spiro atoms. The van der Waals surface area contributed by atoms with Crippen molar-refractivity contribution < 1.29 is 109 Å². The van der Waals surface area contributed by atoms with Gasteiger partial charge in [0.2, 0.25) is 29.7 Å². The van der Waals surface area contributed by atoms with Gasteiger partial charge in [0.25, 0.3) is 0 Å². The van der Waals surface area contributed by atoms with Crippen molar-refractivity contribution >= 4 is 47.1 Å². The lowest BCUT2D eigenvalue weighted by atomic mass is 9.64. The van der Waals surface area contributed by atoms with Crippen LogP contribution in [0.3, 0.4) is 0 Å². The van der Waals surface area contributed by atoms with E-state index in [0.29, 0.717) is 80.1 Å². The second-order valence-electron chi connectivity index (χ2n) is 31.3. The number of halogens is 18. The van der Waals surface area contributed by atoms with Crippen LogP contribution in [-0.2, 0) is 61.8 Å². The number of aromatic amines is 1. The predicted molar refractivity (Wildman–Crippen MR) is 428 cm³/mol. The molecule has 0 saturated heterocycles. The second-order valence-corrected chi connectivity index (χ2v) is 31.3. The minimum atomic E-state index is -4.71. The van der Waals surface area contributed by atoms with Gasteiger partial charge < -0.3 is 67.3 Å². The Morgan fingerprint density at radius 3 is 1.43 bits per heavy atom. The molecule has 8 heterocycles. The van der Waals surface area contributed by atoms with Gasteiger partial charge >= 0.3 is 37.1 Å². The molecule has 1 aromatic carbocycles. The summed E-state index contributed by atoms with van der Waals surface area (Å²) in [5.74, 6) is -0.993. The third kappa shape index (κ3) is 27.0. The Kier molecular flexibility index (Phi) is 32.1. The maximum Gasteiger partial charge on any atom is 0.433 e. The number of aliphatic hydroxyl groups is 3. The van der Waals surface area contributed by atoms with Gasteiger partial charge in [-0.3, -0.25) is 9.97 Å². The normalized spacial score (nSPS) is 20.3. The van der Waals surface area contributed by atoms with Crippen LogP contribution >= 0.6 is 0 Å². The Balaban J connectivity index is 0.000000190. The van der Waals surface area contributed by atoms with Crippen molar-refractivity contribution in [2.75, 3.05) is 56.3 Å². The quantitative estimate of drug-likeness (QED) is 0.0237. The molecule has 9 aromatic rings. The number of rotatable bonds is 25. The van der Waals surface area contributed by atoms with E-state index in [9.17, 15) is 99.6 Å². The van der Waals surface area contributed by atoms with E-state index in [1.807, 2.05) is 63.2 Å². The molecule has 8 aromatic heterocycles. The molecule has 4 saturated carbocycles. The van der Waals surface area contributed by atoms with Crippen LogP contribution in [0.1, 0.15) is 168 Å². The van der Waals surface area contributed by atoms with Gasteiger partial charge in [-0.05, 0) is 94.9 Å². The number of methoxy groups -OCH3 is 1. The summed E-state index contributed by atoms with van der Waals surface area (Å²) in [6.07, 6.45) is -14.6. The van der Waals surface area contributed by atoms with Crippen molar-refractivity contribution in [1.82, 2.24) is 54.8 Å². The molecule has 4 aliphatic rings. The number of anilines is 8. The zero-order chi connectivity index (χ0) is 91.1. The van der Waals surface area contributed by atoms with Crippen molar-refractivity contribution in [3.8, 4) is 23.2 Å². The van der Waals surface area contributed by atoms with E-state index in [2.05, 4.69) is 108 Å². The third-order valence-corrected chi connectivity index (χ3v) is 21.5. The summed E-state index contributed by atoms with van der Waals surface area (Å²) in [4.78, 5) is 45.8. The second kappa shape index (κ2) is 41.2. The molecule has 12 N–H and O–H groups in total. The summed E-state index contributed by atoms with van der Waals surface area (Å²) in [6.45, 7) is 8.19. The lowest BCUT2D eigenvalue weighted by Crippen LogP contribution is -2.58. The Morgan fingerprint density at radius 1 is 0.484 bits per heavy atom. The van der Waals surface area contributed by atoms with E-state index in [1.54, 1.807) is 26.1 Å². The minimum absolute atomic E-state index is 0. The van der Waals surface area contributed by atoms with Gasteiger partial charge in [-0.2, -0.15) is 104 Å². The molecule has 0 aliphatic heterocycles. The fourth-order valence-electron chi connectivity index (χ4n) is 13.8. The zero-order valence-corrected chi connectivity index (χ0v) is 67.8. The smallest absolute Gasteiger partial charge is 0.433 e. The number of nitrogens with one attached hydrogen (secondary N) is 9. The molecule has 0 bridgehead atoms. The fraction of sp³-hybridized carbons (Fsp3) is 0.476. The van der Waals surface area contributed by atoms with Crippen LogP contribution in [0.5, 0.6) is 5.88 Å². The number of benzene rings is 1. The van der Waals surface area contributed by atoms with Crippen LogP contribution in [-0.4, -0.2) is 138 Å². The molecule has 4 aliphatic carbocycles. The minimum Gasteiger partial charge on any atom is -0.477 e. The summed E-state index contributed by atoms with van der Waals surface area (Å²) < 4.78 is 246. The Morgan fingerprint density at radius 2 is 0.937 bits per heavy atom. The van der Waals surface area contributed by atoms with Crippen LogP contribution in [0.2, 0.25) is 0 Å². The molecule has 26 nitrogen and oxygen atoms in total. The Labute approximate surface area is 712 Å². The number of H-pyrrole nitrogens is 1. The summed E-state index contributed by atoms with van der Waals surface area (Å²) in [7, 11) is 1.53. The fourth-order valence-corrected chi connectivity index (χ4v) is 13.8. The molecule has 4 atom stereocenters. The van der Waals surface area contributed by atoms with Gasteiger partial charge in [0.1, 0.15) is 57.3 Å². The summed E-state index contributed by atoms with van der Waals surface area (Å²) >= 11 is 0. The zero-order valence-electron chi connectivity index (χ0n) is 67.8. The first-order valence-corrected chi connectivity index (χ1v) is 39.1. The lowest BCUT2D eigenvalue weighted by molar-refractivity contribution is -0.379. The van der Waals surface area contributed by atoms with E-state index in [-0.39, 0.29) is 92.6 Å². The van der Waals surface area contributed by atoms with E-state index < -0.39 is 130 Å². The molecule has 2 unspecified atom stereocenters. The first kappa shape index (κ1) is 98.2. The van der Waals surface area contributed by atoms with Crippen LogP contribution in [0.25, 0.3) is 11.3 Å². The van der Waals surface area contributed by atoms with E-state index in [1.165, 1.54) is 37.7 Å².